The van der Waals surface area contributed by atoms with E-state index in [1.807, 2.05) is 0 Å². The molecular formula is C14H17F3N2OS. The smallest absolute Gasteiger partial charge is 0.331 e. The van der Waals surface area contributed by atoms with E-state index in [1.165, 1.54) is 12.1 Å². The molecule has 0 unspecified atom stereocenters. The van der Waals surface area contributed by atoms with Crippen LogP contribution in [0.5, 0.6) is 0 Å². The summed E-state index contributed by atoms with van der Waals surface area (Å²) in [6.07, 6.45) is -4.42. The van der Waals surface area contributed by atoms with Crippen LogP contribution in [0, 0.1) is 0 Å². The van der Waals surface area contributed by atoms with Gasteiger partial charge < -0.3 is 10.2 Å². The maximum Gasteiger partial charge on any atom is 0.416 e. The molecule has 7 heteroatoms. The second-order valence-corrected chi connectivity index (χ2v) is 6.08. The summed E-state index contributed by atoms with van der Waals surface area (Å²) in [6, 6.07) is 4.34. The van der Waals surface area contributed by atoms with Crippen molar-refractivity contribution < 1.29 is 18.0 Å². The quantitative estimate of drug-likeness (QED) is 0.905. The Labute approximate surface area is 125 Å². The zero-order chi connectivity index (χ0) is 15.5. The Kier molecular flexibility index (Phi) is 5.03. The van der Waals surface area contributed by atoms with Gasteiger partial charge in [0.05, 0.1) is 11.6 Å². The third-order valence-corrected chi connectivity index (χ3v) is 4.31. The minimum atomic E-state index is -4.42. The van der Waals surface area contributed by atoms with Gasteiger partial charge in [0.1, 0.15) is 0 Å². The van der Waals surface area contributed by atoms with E-state index in [0.717, 1.165) is 17.6 Å². The summed E-state index contributed by atoms with van der Waals surface area (Å²) >= 11 is 1.77. The Bertz CT molecular complexity index is 501. The number of thioether (sulfide) groups is 1. The highest BCUT2D eigenvalue weighted by Gasteiger charge is 2.34. The lowest BCUT2D eigenvalue weighted by Crippen LogP contribution is -2.45. The van der Waals surface area contributed by atoms with Gasteiger partial charge in [-0.25, -0.2) is 4.79 Å². The van der Waals surface area contributed by atoms with Crippen molar-refractivity contribution >= 4 is 17.8 Å². The van der Waals surface area contributed by atoms with Gasteiger partial charge in [-0.3, -0.25) is 0 Å². The van der Waals surface area contributed by atoms with Gasteiger partial charge in [-0.2, -0.15) is 24.9 Å². The zero-order valence-electron chi connectivity index (χ0n) is 11.6. The first-order valence-corrected chi connectivity index (χ1v) is 7.84. The number of nitrogens with zero attached hydrogens (tertiary/aromatic N) is 1. The van der Waals surface area contributed by atoms with E-state index in [9.17, 15) is 18.0 Å². The average molecular weight is 318 g/mol. The molecule has 1 heterocycles. The molecule has 0 aliphatic carbocycles. The van der Waals surface area contributed by atoms with Crippen molar-refractivity contribution in [1.29, 1.82) is 0 Å². The molecule has 0 radical (unpaired) electrons. The molecule has 1 aromatic rings. The summed E-state index contributed by atoms with van der Waals surface area (Å²) in [7, 11) is 0. The maximum atomic E-state index is 13.0. The van der Waals surface area contributed by atoms with E-state index >= 15 is 0 Å². The minimum Gasteiger partial charge on any atom is -0.331 e. The van der Waals surface area contributed by atoms with Crippen LogP contribution in [0.25, 0.3) is 0 Å². The van der Waals surface area contributed by atoms with Crippen molar-refractivity contribution in [3.05, 3.63) is 35.4 Å². The molecule has 2 amide bonds. The second-order valence-electron chi connectivity index (χ2n) is 4.86. The van der Waals surface area contributed by atoms with Crippen molar-refractivity contribution in [3.8, 4) is 0 Å². The monoisotopic (exact) mass is 318 g/mol. The van der Waals surface area contributed by atoms with Gasteiger partial charge >= 0.3 is 12.2 Å². The molecule has 2 rings (SSSR count). The van der Waals surface area contributed by atoms with Crippen LogP contribution in [-0.2, 0) is 6.18 Å². The fourth-order valence-electron chi connectivity index (χ4n) is 2.25. The van der Waals surface area contributed by atoms with Gasteiger partial charge in [-0.05, 0) is 18.6 Å². The molecule has 1 N–H and O–H groups in total. The lowest BCUT2D eigenvalue weighted by Gasteiger charge is -2.28. The average Bonchev–Trinajstić information content (AvgIpc) is 2.47. The highest BCUT2D eigenvalue weighted by molar-refractivity contribution is 7.99. The number of carbonyl (C=O) groups is 1. The normalized spacial score (nSPS) is 17.4. The van der Waals surface area contributed by atoms with E-state index in [-0.39, 0.29) is 11.6 Å². The molecule has 0 spiro atoms. The molecule has 21 heavy (non-hydrogen) atoms. The van der Waals surface area contributed by atoms with Crippen molar-refractivity contribution in [2.75, 3.05) is 24.6 Å². The number of halogens is 3. The van der Waals surface area contributed by atoms with Crippen LogP contribution < -0.4 is 5.32 Å². The number of nitrogens with one attached hydrogen (secondary N) is 1. The summed E-state index contributed by atoms with van der Waals surface area (Å²) in [4.78, 5) is 13.7. The fourth-order valence-corrected chi connectivity index (χ4v) is 3.16. The molecule has 3 nitrogen and oxygen atoms in total. The number of carbonyl (C=O) groups excluding carboxylic acids is 1. The molecule has 1 aliphatic heterocycles. The minimum absolute atomic E-state index is 0.0877. The van der Waals surface area contributed by atoms with Crippen LogP contribution in [0.2, 0.25) is 0 Å². The first-order chi connectivity index (χ1) is 9.89. The third-order valence-electron chi connectivity index (χ3n) is 3.37. The van der Waals surface area contributed by atoms with Crippen molar-refractivity contribution in [3.63, 3.8) is 0 Å². The zero-order valence-corrected chi connectivity index (χ0v) is 12.4. The number of hydrogen-bond acceptors (Lipinski definition) is 2. The molecule has 0 bridgehead atoms. The standard InChI is InChI=1S/C14H17F3N2OS/c1-10(18-13(20)19-6-8-21-9-7-19)11-4-2-3-5-12(11)14(15,16)17/h2-5,10H,6-9H2,1H3,(H,18,20)/t10-/m0/s1. The first-order valence-electron chi connectivity index (χ1n) is 6.69. The molecule has 116 valence electrons. The van der Waals surface area contributed by atoms with E-state index in [4.69, 9.17) is 0 Å². The number of rotatable bonds is 2. The van der Waals surface area contributed by atoms with Gasteiger partial charge in [0, 0.05) is 24.6 Å². The lowest BCUT2D eigenvalue weighted by atomic mass is 10.0. The SMILES string of the molecule is C[C@H](NC(=O)N1CCSCC1)c1ccccc1C(F)(F)F. The molecule has 1 aromatic carbocycles. The summed E-state index contributed by atoms with van der Waals surface area (Å²) in [6.45, 7) is 2.83. The Balaban J connectivity index is 2.10. The highest BCUT2D eigenvalue weighted by atomic mass is 32.2. The lowest BCUT2D eigenvalue weighted by molar-refractivity contribution is -0.138. The molecule has 1 fully saturated rings. The summed E-state index contributed by atoms with van der Waals surface area (Å²) < 4.78 is 38.9. The number of urea groups is 1. The largest absolute Gasteiger partial charge is 0.416 e. The Morgan fingerprint density at radius 3 is 2.52 bits per heavy atom. The van der Waals surface area contributed by atoms with E-state index in [2.05, 4.69) is 5.32 Å². The Hall–Kier alpha value is -1.37. The molecule has 0 aromatic heterocycles. The van der Waals surface area contributed by atoms with Crippen molar-refractivity contribution in [2.24, 2.45) is 0 Å². The summed E-state index contributed by atoms with van der Waals surface area (Å²) in [5.41, 5.74) is -0.614. The number of alkyl halides is 3. The van der Waals surface area contributed by atoms with Gasteiger partial charge in [-0.15, -0.1) is 0 Å². The Morgan fingerprint density at radius 1 is 1.29 bits per heavy atom. The summed E-state index contributed by atoms with van der Waals surface area (Å²) in [5.74, 6) is 1.72. The van der Waals surface area contributed by atoms with Crippen molar-refractivity contribution in [1.82, 2.24) is 10.2 Å². The molecule has 1 aliphatic rings. The molecule has 1 atom stereocenters. The van der Waals surface area contributed by atoms with Crippen LogP contribution in [0.3, 0.4) is 0 Å². The number of hydrogen-bond donors (Lipinski definition) is 1. The number of benzene rings is 1. The van der Waals surface area contributed by atoms with Gasteiger partial charge in [0.25, 0.3) is 0 Å². The highest BCUT2D eigenvalue weighted by Crippen LogP contribution is 2.34. The van der Waals surface area contributed by atoms with E-state index in [1.54, 1.807) is 29.7 Å². The van der Waals surface area contributed by atoms with Crippen LogP contribution in [0.15, 0.2) is 24.3 Å². The van der Waals surface area contributed by atoms with E-state index in [0.29, 0.717) is 13.1 Å². The van der Waals surface area contributed by atoms with Gasteiger partial charge in [0.2, 0.25) is 0 Å². The van der Waals surface area contributed by atoms with Crippen molar-refractivity contribution in [2.45, 2.75) is 19.1 Å². The van der Waals surface area contributed by atoms with Crippen LogP contribution >= 0.6 is 11.8 Å². The number of amides is 2. The Morgan fingerprint density at radius 2 is 1.90 bits per heavy atom. The fraction of sp³-hybridized carbons (Fsp3) is 0.500. The van der Waals surface area contributed by atoms with Crippen LogP contribution in [0.4, 0.5) is 18.0 Å². The summed E-state index contributed by atoms with van der Waals surface area (Å²) in [5, 5.41) is 2.66. The predicted molar refractivity (Wildman–Crippen MR) is 77.3 cm³/mol. The topological polar surface area (TPSA) is 32.3 Å². The van der Waals surface area contributed by atoms with Crippen LogP contribution in [-0.4, -0.2) is 35.5 Å². The van der Waals surface area contributed by atoms with Gasteiger partial charge in [-0.1, -0.05) is 18.2 Å². The van der Waals surface area contributed by atoms with E-state index < -0.39 is 17.8 Å². The molecule has 0 saturated carbocycles. The molecular weight excluding hydrogens is 301 g/mol. The second kappa shape index (κ2) is 6.60. The van der Waals surface area contributed by atoms with Gasteiger partial charge in [0.15, 0.2) is 0 Å². The molecule has 1 saturated heterocycles. The third kappa shape index (κ3) is 4.06. The van der Waals surface area contributed by atoms with Crippen LogP contribution in [0.1, 0.15) is 24.1 Å². The maximum absolute atomic E-state index is 13.0. The predicted octanol–water partition coefficient (Wildman–Crippen LogP) is 3.52. The first kappa shape index (κ1) is 16.0.